The molecule has 0 atom stereocenters. The van der Waals surface area contributed by atoms with Crippen LogP contribution in [0.3, 0.4) is 0 Å². The molecule has 0 aliphatic carbocycles. The molecule has 3 heterocycles. The van der Waals surface area contributed by atoms with Crippen LogP contribution in [0.5, 0.6) is 0 Å². The fourth-order valence-electron chi connectivity index (χ4n) is 3.15. The number of guanidine groups is 1. The number of carbonyl (C=O) groups excluding carboxylic acids is 1. The van der Waals surface area contributed by atoms with Crippen LogP contribution in [0.2, 0.25) is 0 Å². The second kappa shape index (κ2) is 8.08. The van der Waals surface area contributed by atoms with Crippen LogP contribution in [-0.2, 0) is 11.2 Å². The number of aryl methyl sites for hydroxylation is 1. The number of piperazine rings is 1. The topological polar surface area (TPSA) is 88.5 Å². The lowest BCUT2D eigenvalue weighted by molar-refractivity contribution is 0.0186. The van der Waals surface area contributed by atoms with E-state index in [-0.39, 0.29) is 6.09 Å². The first-order chi connectivity index (χ1) is 13.2. The van der Waals surface area contributed by atoms with Gasteiger partial charge in [0.2, 0.25) is 0 Å². The van der Waals surface area contributed by atoms with Gasteiger partial charge in [-0.25, -0.2) is 9.78 Å². The normalized spacial score (nSPS) is 15.9. The zero-order valence-corrected chi connectivity index (χ0v) is 17.2. The van der Waals surface area contributed by atoms with E-state index in [4.69, 9.17) is 10.5 Å². The van der Waals surface area contributed by atoms with Crippen LogP contribution in [0.15, 0.2) is 29.5 Å². The van der Waals surface area contributed by atoms with Gasteiger partial charge in [0.1, 0.15) is 11.2 Å². The first-order valence-corrected chi connectivity index (χ1v) is 9.69. The van der Waals surface area contributed by atoms with Crippen molar-refractivity contribution in [3.8, 4) is 0 Å². The second-order valence-corrected chi connectivity index (χ2v) is 8.10. The summed E-state index contributed by atoms with van der Waals surface area (Å²) in [6.07, 6.45) is 4.50. The lowest BCUT2D eigenvalue weighted by Crippen LogP contribution is -2.53. The average molecular weight is 387 g/mol. The number of pyridine rings is 1. The molecule has 0 saturated carbocycles. The lowest BCUT2D eigenvalue weighted by atomic mass is 10.2. The highest BCUT2D eigenvalue weighted by Crippen LogP contribution is 2.12. The van der Waals surface area contributed by atoms with Crippen molar-refractivity contribution in [2.75, 3.05) is 32.7 Å². The molecule has 8 nitrogen and oxygen atoms in total. The highest BCUT2D eigenvalue weighted by atomic mass is 16.6. The van der Waals surface area contributed by atoms with E-state index >= 15 is 0 Å². The smallest absolute Gasteiger partial charge is 0.410 e. The van der Waals surface area contributed by atoms with Gasteiger partial charge in [-0.1, -0.05) is 6.07 Å². The predicted octanol–water partition coefficient (Wildman–Crippen LogP) is 2.05. The number of fused-ring (bicyclic) bond motifs is 1. The Labute approximate surface area is 166 Å². The molecule has 0 bridgehead atoms. The SMILES string of the molecule is Cc1cccn2cc(CCN=C(N)N3CCN(C(=O)OC(C)(C)C)CC3)nc12. The highest BCUT2D eigenvalue weighted by Gasteiger charge is 2.26. The van der Waals surface area contributed by atoms with E-state index in [0.717, 1.165) is 23.3 Å². The Bertz CT molecular complexity index is 859. The molecular weight excluding hydrogens is 356 g/mol. The van der Waals surface area contributed by atoms with E-state index in [1.165, 1.54) is 0 Å². The van der Waals surface area contributed by atoms with Gasteiger partial charge < -0.3 is 24.7 Å². The summed E-state index contributed by atoms with van der Waals surface area (Å²) in [6, 6.07) is 4.07. The summed E-state index contributed by atoms with van der Waals surface area (Å²) in [6.45, 7) is 10.7. The largest absolute Gasteiger partial charge is 0.444 e. The van der Waals surface area contributed by atoms with Crippen LogP contribution < -0.4 is 5.73 Å². The number of amides is 1. The Balaban J connectivity index is 1.49. The zero-order chi connectivity index (χ0) is 20.3. The van der Waals surface area contributed by atoms with Gasteiger partial charge in [-0.3, -0.25) is 4.99 Å². The Morgan fingerprint density at radius 3 is 2.57 bits per heavy atom. The third kappa shape index (κ3) is 4.94. The van der Waals surface area contributed by atoms with E-state index in [9.17, 15) is 4.79 Å². The van der Waals surface area contributed by atoms with Crippen molar-refractivity contribution in [1.29, 1.82) is 0 Å². The molecule has 0 unspecified atom stereocenters. The van der Waals surface area contributed by atoms with Crippen molar-refractivity contribution in [2.45, 2.75) is 39.7 Å². The fourth-order valence-corrected chi connectivity index (χ4v) is 3.15. The van der Waals surface area contributed by atoms with Crippen molar-refractivity contribution in [3.05, 3.63) is 35.8 Å². The molecule has 28 heavy (non-hydrogen) atoms. The number of hydrogen-bond donors (Lipinski definition) is 1. The Kier molecular flexibility index (Phi) is 5.76. The summed E-state index contributed by atoms with van der Waals surface area (Å²) < 4.78 is 7.45. The maximum Gasteiger partial charge on any atom is 0.410 e. The van der Waals surface area contributed by atoms with Gasteiger partial charge in [-0.15, -0.1) is 0 Å². The number of aliphatic imine (C=N–C) groups is 1. The minimum atomic E-state index is -0.481. The number of nitrogens with zero attached hydrogens (tertiary/aromatic N) is 5. The van der Waals surface area contributed by atoms with E-state index in [1.54, 1.807) is 4.90 Å². The van der Waals surface area contributed by atoms with Gasteiger partial charge in [0.05, 0.1) is 5.69 Å². The number of hydrogen-bond acceptors (Lipinski definition) is 4. The number of aromatic nitrogens is 2. The van der Waals surface area contributed by atoms with Gasteiger partial charge in [0.15, 0.2) is 5.96 Å². The Hall–Kier alpha value is -2.77. The molecule has 152 valence electrons. The summed E-state index contributed by atoms with van der Waals surface area (Å²) in [7, 11) is 0. The van der Waals surface area contributed by atoms with Crippen LogP contribution in [0.25, 0.3) is 5.65 Å². The van der Waals surface area contributed by atoms with Crippen LogP contribution >= 0.6 is 0 Å². The van der Waals surface area contributed by atoms with E-state index < -0.39 is 5.60 Å². The molecule has 1 fully saturated rings. The summed E-state index contributed by atoms with van der Waals surface area (Å²) in [5, 5.41) is 0. The summed E-state index contributed by atoms with van der Waals surface area (Å²) in [5.74, 6) is 0.517. The van der Waals surface area contributed by atoms with Gasteiger partial charge >= 0.3 is 6.09 Å². The summed E-state index contributed by atoms with van der Waals surface area (Å²) in [5.41, 5.74) is 8.80. The molecule has 0 aromatic carbocycles. The second-order valence-electron chi connectivity index (χ2n) is 8.10. The Morgan fingerprint density at radius 1 is 1.25 bits per heavy atom. The molecule has 2 aromatic heterocycles. The van der Waals surface area contributed by atoms with E-state index in [1.807, 2.05) is 48.5 Å². The molecule has 0 spiro atoms. The standard InChI is InChI=1S/C20H30N6O2/c1-15-6-5-9-26-14-16(23-17(15)26)7-8-22-18(21)24-10-12-25(13-11-24)19(27)28-20(2,3)4/h5-6,9,14H,7-8,10-13H2,1-4H3,(H2,21,22). The molecule has 2 aromatic rings. The average Bonchev–Trinajstić information content (AvgIpc) is 3.05. The van der Waals surface area contributed by atoms with Crippen molar-refractivity contribution in [3.63, 3.8) is 0 Å². The molecule has 2 N–H and O–H groups in total. The fraction of sp³-hybridized carbons (Fsp3) is 0.550. The zero-order valence-electron chi connectivity index (χ0n) is 17.2. The number of carbonyl (C=O) groups is 1. The van der Waals surface area contributed by atoms with E-state index in [2.05, 4.69) is 23.0 Å². The van der Waals surface area contributed by atoms with Crippen LogP contribution in [0, 0.1) is 6.92 Å². The van der Waals surface area contributed by atoms with Gasteiger partial charge in [0, 0.05) is 51.5 Å². The molecule has 1 saturated heterocycles. The van der Waals surface area contributed by atoms with Crippen LogP contribution in [0.1, 0.15) is 32.0 Å². The maximum absolute atomic E-state index is 12.1. The lowest BCUT2D eigenvalue weighted by Gasteiger charge is -2.36. The molecule has 1 aliphatic heterocycles. The van der Waals surface area contributed by atoms with Gasteiger partial charge in [-0.05, 0) is 39.3 Å². The van der Waals surface area contributed by atoms with Crippen LogP contribution in [0.4, 0.5) is 4.79 Å². The molecule has 8 heteroatoms. The quantitative estimate of drug-likeness (QED) is 0.644. The predicted molar refractivity (Wildman–Crippen MR) is 110 cm³/mol. The number of imidazole rings is 1. The van der Waals surface area contributed by atoms with E-state index in [0.29, 0.717) is 38.7 Å². The third-order valence-corrected chi connectivity index (χ3v) is 4.62. The molecule has 1 amide bonds. The number of nitrogens with two attached hydrogens (primary N) is 1. The first-order valence-electron chi connectivity index (χ1n) is 9.69. The maximum atomic E-state index is 12.1. The number of rotatable bonds is 3. The minimum absolute atomic E-state index is 0.273. The molecule has 3 rings (SSSR count). The van der Waals surface area contributed by atoms with Crippen molar-refractivity contribution in [2.24, 2.45) is 10.7 Å². The summed E-state index contributed by atoms with van der Waals surface area (Å²) in [4.78, 5) is 25.0. The van der Waals surface area contributed by atoms with Gasteiger partial charge in [0.25, 0.3) is 0 Å². The third-order valence-electron chi connectivity index (χ3n) is 4.62. The molecule has 0 radical (unpaired) electrons. The van der Waals surface area contributed by atoms with Crippen molar-refractivity contribution >= 4 is 17.7 Å². The van der Waals surface area contributed by atoms with Crippen molar-refractivity contribution < 1.29 is 9.53 Å². The number of ether oxygens (including phenoxy) is 1. The highest BCUT2D eigenvalue weighted by molar-refractivity contribution is 5.78. The first kappa shape index (κ1) is 20.0. The Morgan fingerprint density at radius 2 is 1.93 bits per heavy atom. The molecule has 1 aliphatic rings. The molecular formula is C20H30N6O2. The minimum Gasteiger partial charge on any atom is -0.444 e. The monoisotopic (exact) mass is 386 g/mol. The van der Waals surface area contributed by atoms with Crippen LogP contribution in [-0.4, -0.2) is 69.6 Å². The van der Waals surface area contributed by atoms with Crippen molar-refractivity contribution in [1.82, 2.24) is 19.2 Å². The summed E-state index contributed by atoms with van der Waals surface area (Å²) >= 11 is 0. The van der Waals surface area contributed by atoms with Gasteiger partial charge in [-0.2, -0.15) is 0 Å².